The number of carbonyl (C=O) groups excluding carboxylic acids is 1. The Kier molecular flexibility index (Phi) is 4.32. The van der Waals surface area contributed by atoms with E-state index in [4.69, 9.17) is 0 Å². The molecular weight excluding hydrogens is 263 g/mol. The number of nitro benzene ring substituents is 1. The number of nitro groups is 1. The van der Waals surface area contributed by atoms with Crippen molar-refractivity contribution in [3.8, 4) is 0 Å². The number of nitrogens with one attached hydrogen (secondary N) is 1. The van der Waals surface area contributed by atoms with Crippen molar-refractivity contribution < 1.29 is 14.1 Å². The third-order valence-corrected chi connectivity index (χ3v) is 3.67. The normalized spacial score (nSPS) is 22.3. The lowest BCUT2D eigenvalue weighted by Gasteiger charge is -2.27. The second-order valence-electron chi connectivity index (χ2n) is 5.36. The fourth-order valence-corrected chi connectivity index (χ4v) is 2.68. The molecule has 5 nitrogen and oxygen atoms in total. The summed E-state index contributed by atoms with van der Waals surface area (Å²) < 4.78 is 13.2. The first-order chi connectivity index (χ1) is 9.47. The summed E-state index contributed by atoms with van der Waals surface area (Å²) in [6.45, 7) is 2.11. The number of amides is 1. The van der Waals surface area contributed by atoms with E-state index in [1.165, 1.54) is 0 Å². The van der Waals surface area contributed by atoms with Crippen molar-refractivity contribution in [3.63, 3.8) is 0 Å². The Hall–Kier alpha value is -1.98. The van der Waals surface area contributed by atoms with E-state index in [1.54, 1.807) is 0 Å². The summed E-state index contributed by atoms with van der Waals surface area (Å²) in [5, 5.41) is 13.7. The highest BCUT2D eigenvalue weighted by molar-refractivity contribution is 5.98. The second kappa shape index (κ2) is 5.98. The zero-order chi connectivity index (χ0) is 14.7. The van der Waals surface area contributed by atoms with E-state index >= 15 is 0 Å². The van der Waals surface area contributed by atoms with E-state index < -0.39 is 16.6 Å². The van der Waals surface area contributed by atoms with Crippen LogP contribution in [0.4, 0.5) is 10.1 Å². The third-order valence-electron chi connectivity index (χ3n) is 3.67. The summed E-state index contributed by atoms with van der Waals surface area (Å²) >= 11 is 0. The van der Waals surface area contributed by atoms with Crippen LogP contribution in [0.3, 0.4) is 0 Å². The molecular formula is C14H17FN2O3. The van der Waals surface area contributed by atoms with Gasteiger partial charge >= 0.3 is 0 Å². The van der Waals surface area contributed by atoms with Crippen LogP contribution in [-0.4, -0.2) is 16.9 Å². The maximum atomic E-state index is 13.2. The van der Waals surface area contributed by atoms with Gasteiger partial charge in [-0.05, 0) is 30.9 Å². The van der Waals surface area contributed by atoms with Crippen LogP contribution in [0.15, 0.2) is 18.2 Å². The number of carbonyl (C=O) groups is 1. The van der Waals surface area contributed by atoms with Crippen LogP contribution in [0.5, 0.6) is 0 Å². The van der Waals surface area contributed by atoms with Gasteiger partial charge in [0, 0.05) is 12.1 Å². The average Bonchev–Trinajstić information content (AvgIpc) is 2.38. The summed E-state index contributed by atoms with van der Waals surface area (Å²) in [6, 6.07) is 2.93. The lowest BCUT2D eigenvalue weighted by Crippen LogP contribution is -2.38. The molecule has 1 N–H and O–H groups in total. The molecule has 1 saturated carbocycles. The van der Waals surface area contributed by atoms with Gasteiger partial charge in [-0.3, -0.25) is 14.9 Å². The Labute approximate surface area is 116 Å². The number of hydrogen-bond donors (Lipinski definition) is 1. The van der Waals surface area contributed by atoms with E-state index in [2.05, 4.69) is 12.2 Å². The van der Waals surface area contributed by atoms with E-state index in [9.17, 15) is 19.3 Å². The molecule has 1 amide bonds. The van der Waals surface area contributed by atoms with E-state index in [0.717, 1.165) is 43.9 Å². The third kappa shape index (κ3) is 3.31. The van der Waals surface area contributed by atoms with Gasteiger partial charge in [0.1, 0.15) is 11.4 Å². The monoisotopic (exact) mass is 280 g/mol. The van der Waals surface area contributed by atoms with Gasteiger partial charge in [-0.15, -0.1) is 0 Å². The minimum atomic E-state index is -0.669. The Bertz CT molecular complexity index is 533. The van der Waals surface area contributed by atoms with Crippen LogP contribution in [0, 0.1) is 21.8 Å². The Balaban J connectivity index is 2.16. The average molecular weight is 280 g/mol. The predicted molar refractivity (Wildman–Crippen MR) is 71.9 cm³/mol. The van der Waals surface area contributed by atoms with Crippen LogP contribution in [-0.2, 0) is 0 Å². The standard InChI is InChI=1S/C14H17FN2O3/c1-9-3-2-4-11(7-9)16-14(18)12-8-10(15)5-6-13(12)17(19)20/h5-6,8-9,11H,2-4,7H2,1H3,(H,16,18). The van der Waals surface area contributed by atoms with Gasteiger partial charge in [-0.1, -0.05) is 19.8 Å². The van der Waals surface area contributed by atoms with Crippen LogP contribution in [0.1, 0.15) is 43.0 Å². The lowest BCUT2D eigenvalue weighted by atomic mass is 9.87. The first-order valence-corrected chi connectivity index (χ1v) is 6.72. The van der Waals surface area contributed by atoms with Crippen LogP contribution < -0.4 is 5.32 Å². The molecule has 1 aromatic rings. The predicted octanol–water partition coefficient (Wildman–Crippen LogP) is 3.04. The zero-order valence-electron chi connectivity index (χ0n) is 11.3. The van der Waals surface area contributed by atoms with Crippen LogP contribution in [0.25, 0.3) is 0 Å². The summed E-state index contributed by atoms with van der Waals surface area (Å²) in [5.74, 6) is -0.704. The molecule has 0 radical (unpaired) electrons. The molecule has 1 fully saturated rings. The molecule has 2 atom stereocenters. The summed E-state index contributed by atoms with van der Waals surface area (Å²) in [5.41, 5.74) is -0.582. The largest absolute Gasteiger partial charge is 0.349 e. The smallest absolute Gasteiger partial charge is 0.282 e. The topological polar surface area (TPSA) is 72.2 Å². The van der Waals surface area contributed by atoms with Gasteiger partial charge in [-0.25, -0.2) is 4.39 Å². The van der Waals surface area contributed by atoms with Crippen molar-refractivity contribution in [2.75, 3.05) is 0 Å². The zero-order valence-corrected chi connectivity index (χ0v) is 11.3. The molecule has 0 aromatic heterocycles. The van der Waals surface area contributed by atoms with Crippen molar-refractivity contribution in [2.24, 2.45) is 5.92 Å². The molecule has 1 aromatic carbocycles. The fourth-order valence-electron chi connectivity index (χ4n) is 2.68. The highest BCUT2D eigenvalue weighted by atomic mass is 19.1. The van der Waals surface area contributed by atoms with Gasteiger partial charge in [0.15, 0.2) is 0 Å². The molecule has 2 unspecified atom stereocenters. The number of hydrogen-bond acceptors (Lipinski definition) is 3. The lowest BCUT2D eigenvalue weighted by molar-refractivity contribution is -0.385. The van der Waals surface area contributed by atoms with Crippen LogP contribution in [0.2, 0.25) is 0 Å². The van der Waals surface area contributed by atoms with Gasteiger partial charge < -0.3 is 5.32 Å². The Morgan fingerprint density at radius 3 is 2.85 bits per heavy atom. The maximum absolute atomic E-state index is 13.2. The van der Waals surface area contributed by atoms with Crippen molar-refractivity contribution in [2.45, 2.75) is 38.6 Å². The highest BCUT2D eigenvalue weighted by Crippen LogP contribution is 2.25. The van der Waals surface area contributed by atoms with E-state index in [1.807, 2.05) is 0 Å². The number of benzene rings is 1. The SMILES string of the molecule is CC1CCCC(NC(=O)c2cc(F)ccc2[N+](=O)[O-])C1. The molecule has 2 rings (SSSR count). The molecule has 0 saturated heterocycles. The molecule has 6 heteroatoms. The summed E-state index contributed by atoms with van der Waals surface area (Å²) in [4.78, 5) is 22.3. The summed E-state index contributed by atoms with van der Waals surface area (Å²) in [6.07, 6.45) is 3.87. The van der Waals surface area contributed by atoms with E-state index in [-0.39, 0.29) is 17.3 Å². The molecule has 20 heavy (non-hydrogen) atoms. The minimum absolute atomic E-state index is 0.00845. The second-order valence-corrected chi connectivity index (χ2v) is 5.36. The fraction of sp³-hybridized carbons (Fsp3) is 0.500. The first kappa shape index (κ1) is 14.4. The summed E-state index contributed by atoms with van der Waals surface area (Å²) in [7, 11) is 0. The van der Waals surface area contributed by atoms with Gasteiger partial charge in [-0.2, -0.15) is 0 Å². The van der Waals surface area contributed by atoms with Crippen LogP contribution >= 0.6 is 0 Å². The molecule has 0 heterocycles. The molecule has 1 aliphatic carbocycles. The molecule has 1 aliphatic rings. The van der Waals surface area contributed by atoms with Gasteiger partial charge in [0.2, 0.25) is 0 Å². The van der Waals surface area contributed by atoms with Gasteiger partial charge in [0.05, 0.1) is 4.92 Å². The number of nitrogens with zero attached hydrogens (tertiary/aromatic N) is 1. The van der Waals surface area contributed by atoms with Crippen molar-refractivity contribution in [1.82, 2.24) is 5.32 Å². The Morgan fingerprint density at radius 2 is 2.20 bits per heavy atom. The number of rotatable bonds is 3. The van der Waals surface area contributed by atoms with Crippen molar-refractivity contribution >= 4 is 11.6 Å². The van der Waals surface area contributed by atoms with Gasteiger partial charge in [0.25, 0.3) is 11.6 Å². The maximum Gasteiger partial charge on any atom is 0.282 e. The van der Waals surface area contributed by atoms with Crippen molar-refractivity contribution in [3.05, 3.63) is 39.7 Å². The molecule has 108 valence electrons. The molecule has 0 aliphatic heterocycles. The highest BCUT2D eigenvalue weighted by Gasteiger charge is 2.25. The Morgan fingerprint density at radius 1 is 1.45 bits per heavy atom. The van der Waals surface area contributed by atoms with Crippen molar-refractivity contribution in [1.29, 1.82) is 0 Å². The quantitative estimate of drug-likeness (QED) is 0.683. The molecule has 0 bridgehead atoms. The van der Waals surface area contributed by atoms with E-state index in [0.29, 0.717) is 5.92 Å². The molecule has 0 spiro atoms. The minimum Gasteiger partial charge on any atom is -0.349 e. The first-order valence-electron chi connectivity index (χ1n) is 6.72. The number of halogens is 1.